The molecule has 1 aromatic heterocycles. The van der Waals surface area contributed by atoms with Gasteiger partial charge in [-0.2, -0.15) is 0 Å². The molecule has 5 heteroatoms. The van der Waals surface area contributed by atoms with E-state index in [-0.39, 0.29) is 17.9 Å². The molecule has 140 valence electrons. The molecule has 1 aliphatic rings. The Labute approximate surface area is 155 Å². The number of rotatable bonds is 6. The second-order valence-electron chi connectivity index (χ2n) is 7.47. The minimum Gasteiger partial charge on any atom is -0.497 e. The van der Waals surface area contributed by atoms with E-state index in [4.69, 9.17) is 4.74 Å². The van der Waals surface area contributed by atoms with Crippen molar-refractivity contribution >= 4 is 5.91 Å². The topological polar surface area (TPSA) is 56.1 Å². The van der Waals surface area contributed by atoms with Gasteiger partial charge in [-0.15, -0.1) is 0 Å². The first-order valence-electron chi connectivity index (χ1n) is 9.49. The fraction of sp³-hybridized carbons (Fsp3) is 0.524. The predicted molar refractivity (Wildman–Crippen MR) is 103 cm³/mol. The summed E-state index contributed by atoms with van der Waals surface area (Å²) in [5.74, 6) is 1.97. The lowest BCUT2D eigenvalue weighted by Crippen LogP contribution is -2.32. The zero-order valence-corrected chi connectivity index (χ0v) is 16.2. The van der Waals surface area contributed by atoms with Gasteiger partial charge in [-0.1, -0.05) is 12.1 Å². The summed E-state index contributed by atoms with van der Waals surface area (Å²) in [6.07, 6.45) is 5.70. The number of hydrogen-bond acceptors (Lipinski definition) is 3. The van der Waals surface area contributed by atoms with Crippen LogP contribution in [0.5, 0.6) is 5.75 Å². The summed E-state index contributed by atoms with van der Waals surface area (Å²) < 4.78 is 7.75. The Morgan fingerprint density at radius 3 is 2.96 bits per heavy atom. The summed E-state index contributed by atoms with van der Waals surface area (Å²) in [6, 6.07) is 8.57. The van der Waals surface area contributed by atoms with Gasteiger partial charge in [-0.25, -0.2) is 4.98 Å². The number of aromatic nitrogens is 2. The molecule has 0 saturated heterocycles. The van der Waals surface area contributed by atoms with Gasteiger partial charge in [0.05, 0.1) is 7.11 Å². The Morgan fingerprint density at radius 1 is 1.42 bits per heavy atom. The van der Waals surface area contributed by atoms with E-state index >= 15 is 0 Å². The van der Waals surface area contributed by atoms with E-state index in [1.165, 1.54) is 6.42 Å². The highest BCUT2D eigenvalue weighted by Crippen LogP contribution is 2.35. The maximum Gasteiger partial charge on any atom is 0.221 e. The van der Waals surface area contributed by atoms with Crippen molar-refractivity contribution in [3.05, 3.63) is 47.5 Å². The Kier molecular flexibility index (Phi) is 5.64. The van der Waals surface area contributed by atoms with Gasteiger partial charge in [0.25, 0.3) is 0 Å². The van der Waals surface area contributed by atoms with E-state index in [0.717, 1.165) is 35.7 Å². The van der Waals surface area contributed by atoms with Crippen molar-refractivity contribution in [1.82, 2.24) is 14.9 Å². The van der Waals surface area contributed by atoms with E-state index < -0.39 is 0 Å². The molecular weight excluding hydrogens is 326 g/mol. The number of fused-ring (bicyclic) bond motifs is 1. The highest BCUT2D eigenvalue weighted by atomic mass is 16.5. The van der Waals surface area contributed by atoms with E-state index in [2.05, 4.69) is 27.9 Å². The smallest absolute Gasteiger partial charge is 0.221 e. The molecule has 2 heterocycles. The van der Waals surface area contributed by atoms with Gasteiger partial charge >= 0.3 is 0 Å². The zero-order valence-electron chi connectivity index (χ0n) is 16.2. The molecule has 1 amide bonds. The third kappa shape index (κ3) is 3.92. The number of carbonyl (C=O) groups excluding carboxylic acids is 1. The summed E-state index contributed by atoms with van der Waals surface area (Å²) in [7, 11) is 1.67. The normalized spacial score (nSPS) is 17.7. The second kappa shape index (κ2) is 7.94. The first-order valence-corrected chi connectivity index (χ1v) is 9.49. The van der Waals surface area contributed by atoms with Crippen molar-refractivity contribution in [2.24, 2.45) is 0 Å². The van der Waals surface area contributed by atoms with Crippen LogP contribution in [-0.4, -0.2) is 28.6 Å². The Bertz CT molecular complexity index is 766. The van der Waals surface area contributed by atoms with Gasteiger partial charge < -0.3 is 14.6 Å². The van der Waals surface area contributed by atoms with E-state index in [1.807, 2.05) is 38.2 Å². The number of benzene rings is 1. The molecule has 2 atom stereocenters. The highest BCUT2D eigenvalue weighted by Gasteiger charge is 2.27. The number of aryl methyl sites for hydroxylation is 1. The molecule has 0 aliphatic carbocycles. The molecule has 0 radical (unpaired) electrons. The standard InChI is InChI=1S/C21H29N3O2/c1-14(2)23-21(25)12-18(16-8-6-9-17(11-16)26-4)19-13-22-20-10-5-7-15(3)24(19)20/h6,8-9,11,13-15,18H,5,7,10,12H2,1-4H3,(H,23,25). The van der Waals surface area contributed by atoms with Crippen LogP contribution in [0.15, 0.2) is 30.5 Å². The molecule has 1 aliphatic heterocycles. The molecule has 2 unspecified atom stereocenters. The van der Waals surface area contributed by atoms with Crippen LogP contribution in [0.1, 0.15) is 69.1 Å². The minimum atomic E-state index is -0.0364. The summed E-state index contributed by atoms with van der Waals surface area (Å²) in [4.78, 5) is 17.2. The third-order valence-corrected chi connectivity index (χ3v) is 5.06. The number of amides is 1. The van der Waals surface area contributed by atoms with Crippen molar-refractivity contribution in [3.8, 4) is 5.75 Å². The van der Waals surface area contributed by atoms with Gasteiger partial charge in [0.1, 0.15) is 11.6 Å². The molecule has 0 bridgehead atoms. The van der Waals surface area contributed by atoms with Crippen LogP contribution in [0.3, 0.4) is 0 Å². The Morgan fingerprint density at radius 2 is 2.23 bits per heavy atom. The SMILES string of the molecule is COc1cccc(C(CC(=O)NC(C)C)c2cnc3n2C(C)CCC3)c1. The van der Waals surface area contributed by atoms with Crippen LogP contribution in [-0.2, 0) is 11.2 Å². The molecule has 0 fully saturated rings. The van der Waals surface area contributed by atoms with Crippen molar-refractivity contribution in [2.75, 3.05) is 7.11 Å². The summed E-state index contributed by atoms with van der Waals surface area (Å²) in [5.41, 5.74) is 2.21. The summed E-state index contributed by atoms with van der Waals surface area (Å²) in [5, 5.41) is 3.02. The fourth-order valence-electron chi connectivity index (χ4n) is 3.87. The van der Waals surface area contributed by atoms with Crippen LogP contribution in [0.4, 0.5) is 0 Å². The molecule has 1 N–H and O–H groups in total. The van der Waals surface area contributed by atoms with Gasteiger partial charge in [0.15, 0.2) is 0 Å². The number of methoxy groups -OCH3 is 1. The summed E-state index contributed by atoms with van der Waals surface area (Å²) in [6.45, 7) is 6.22. The van der Waals surface area contributed by atoms with Crippen molar-refractivity contribution in [3.63, 3.8) is 0 Å². The minimum absolute atomic E-state index is 0.0364. The number of ether oxygens (including phenoxy) is 1. The van der Waals surface area contributed by atoms with Crippen LogP contribution in [0.2, 0.25) is 0 Å². The molecular formula is C21H29N3O2. The van der Waals surface area contributed by atoms with Crippen LogP contribution >= 0.6 is 0 Å². The van der Waals surface area contributed by atoms with Gasteiger partial charge in [0.2, 0.25) is 5.91 Å². The lowest BCUT2D eigenvalue weighted by molar-refractivity contribution is -0.121. The molecule has 26 heavy (non-hydrogen) atoms. The first-order chi connectivity index (χ1) is 12.5. The van der Waals surface area contributed by atoms with Gasteiger partial charge in [-0.05, 0) is 51.3 Å². The molecule has 0 spiro atoms. The molecule has 2 aromatic rings. The largest absolute Gasteiger partial charge is 0.497 e. The fourth-order valence-corrected chi connectivity index (χ4v) is 3.87. The molecule has 1 aromatic carbocycles. The maximum atomic E-state index is 12.6. The van der Waals surface area contributed by atoms with Crippen molar-refractivity contribution < 1.29 is 9.53 Å². The number of imidazole rings is 1. The van der Waals surface area contributed by atoms with Crippen molar-refractivity contribution in [1.29, 1.82) is 0 Å². The zero-order chi connectivity index (χ0) is 18.7. The highest BCUT2D eigenvalue weighted by molar-refractivity contribution is 5.77. The number of nitrogens with one attached hydrogen (secondary N) is 1. The third-order valence-electron chi connectivity index (χ3n) is 5.06. The maximum absolute atomic E-state index is 12.6. The second-order valence-corrected chi connectivity index (χ2v) is 7.47. The lowest BCUT2D eigenvalue weighted by atomic mass is 9.91. The molecule has 3 rings (SSSR count). The Balaban J connectivity index is 2.00. The molecule has 0 saturated carbocycles. The molecule has 5 nitrogen and oxygen atoms in total. The van der Waals surface area contributed by atoms with Crippen molar-refractivity contribution in [2.45, 2.75) is 64.5 Å². The van der Waals surface area contributed by atoms with Crippen LogP contribution in [0, 0.1) is 0 Å². The van der Waals surface area contributed by atoms with Gasteiger partial charge in [0, 0.05) is 42.7 Å². The van der Waals surface area contributed by atoms with Crippen LogP contribution < -0.4 is 10.1 Å². The van der Waals surface area contributed by atoms with E-state index in [9.17, 15) is 4.79 Å². The number of hydrogen-bond donors (Lipinski definition) is 1. The summed E-state index contributed by atoms with van der Waals surface area (Å²) >= 11 is 0. The average Bonchev–Trinajstić information content (AvgIpc) is 3.04. The monoisotopic (exact) mass is 355 g/mol. The van der Waals surface area contributed by atoms with Gasteiger partial charge in [-0.3, -0.25) is 4.79 Å². The Hall–Kier alpha value is -2.30. The number of carbonyl (C=O) groups is 1. The first kappa shape index (κ1) is 18.5. The van der Waals surface area contributed by atoms with E-state index in [1.54, 1.807) is 7.11 Å². The average molecular weight is 355 g/mol. The van der Waals surface area contributed by atoms with E-state index in [0.29, 0.717) is 12.5 Å². The number of nitrogens with zero attached hydrogens (tertiary/aromatic N) is 2. The lowest BCUT2D eigenvalue weighted by Gasteiger charge is -2.27. The predicted octanol–water partition coefficient (Wildman–Crippen LogP) is 3.84. The van der Waals surface area contributed by atoms with Crippen LogP contribution in [0.25, 0.3) is 0 Å². The quantitative estimate of drug-likeness (QED) is 0.857.